The predicted molar refractivity (Wildman–Crippen MR) is 79.0 cm³/mol. The first kappa shape index (κ1) is 15.5. The SMILES string of the molecule is CCCn1cc(S(=O)(=O)NCCc2ccnn2C)c(N)n1. The van der Waals surface area contributed by atoms with Crippen molar-refractivity contribution in [1.82, 2.24) is 24.3 Å². The summed E-state index contributed by atoms with van der Waals surface area (Å²) >= 11 is 0. The molecule has 0 fully saturated rings. The van der Waals surface area contributed by atoms with Gasteiger partial charge < -0.3 is 5.73 Å². The molecule has 2 rings (SSSR count). The van der Waals surface area contributed by atoms with E-state index in [2.05, 4.69) is 14.9 Å². The lowest BCUT2D eigenvalue weighted by molar-refractivity contribution is 0.578. The lowest BCUT2D eigenvalue weighted by atomic mass is 10.3. The third-order valence-corrected chi connectivity index (χ3v) is 4.57. The van der Waals surface area contributed by atoms with Crippen molar-refractivity contribution in [2.45, 2.75) is 31.2 Å². The zero-order valence-corrected chi connectivity index (χ0v) is 13.0. The van der Waals surface area contributed by atoms with Crippen molar-refractivity contribution in [1.29, 1.82) is 0 Å². The number of nitrogens with two attached hydrogens (primary N) is 1. The summed E-state index contributed by atoms with van der Waals surface area (Å²) in [6.07, 6.45) is 4.55. The van der Waals surface area contributed by atoms with Gasteiger partial charge >= 0.3 is 0 Å². The lowest BCUT2D eigenvalue weighted by Crippen LogP contribution is -2.26. The molecule has 0 aliphatic carbocycles. The van der Waals surface area contributed by atoms with Crippen molar-refractivity contribution in [2.24, 2.45) is 7.05 Å². The van der Waals surface area contributed by atoms with Gasteiger partial charge in [0.25, 0.3) is 0 Å². The van der Waals surface area contributed by atoms with Crippen LogP contribution in [0.15, 0.2) is 23.4 Å². The van der Waals surface area contributed by atoms with Crippen molar-refractivity contribution in [3.63, 3.8) is 0 Å². The molecule has 8 nitrogen and oxygen atoms in total. The van der Waals surface area contributed by atoms with E-state index in [-0.39, 0.29) is 17.3 Å². The second-order valence-corrected chi connectivity index (χ2v) is 6.47. The van der Waals surface area contributed by atoms with E-state index >= 15 is 0 Å². The Kier molecular flexibility index (Phi) is 4.63. The number of anilines is 1. The Morgan fingerprint density at radius 3 is 2.81 bits per heavy atom. The fourth-order valence-electron chi connectivity index (χ4n) is 2.01. The van der Waals surface area contributed by atoms with Crippen LogP contribution in [0.4, 0.5) is 5.82 Å². The molecule has 0 amide bonds. The normalized spacial score (nSPS) is 11.9. The molecule has 0 aliphatic heterocycles. The minimum atomic E-state index is -3.64. The molecule has 0 aliphatic rings. The van der Waals surface area contributed by atoms with Crippen LogP contribution in [0.5, 0.6) is 0 Å². The molecular weight excluding hydrogens is 292 g/mol. The van der Waals surface area contributed by atoms with Crippen LogP contribution >= 0.6 is 0 Å². The third-order valence-electron chi connectivity index (χ3n) is 3.09. The summed E-state index contributed by atoms with van der Waals surface area (Å²) in [7, 11) is -1.83. The first-order valence-electron chi connectivity index (χ1n) is 6.73. The van der Waals surface area contributed by atoms with Gasteiger partial charge in [0.2, 0.25) is 10.0 Å². The number of rotatable bonds is 7. The Bertz CT molecular complexity index is 703. The zero-order valence-electron chi connectivity index (χ0n) is 12.2. The highest BCUT2D eigenvalue weighted by Crippen LogP contribution is 2.16. The summed E-state index contributed by atoms with van der Waals surface area (Å²) in [5.41, 5.74) is 6.63. The fourth-order valence-corrected chi connectivity index (χ4v) is 3.11. The van der Waals surface area contributed by atoms with Crippen molar-refractivity contribution >= 4 is 15.8 Å². The number of hydrogen-bond acceptors (Lipinski definition) is 5. The van der Waals surface area contributed by atoms with Gasteiger partial charge in [0.1, 0.15) is 4.90 Å². The van der Waals surface area contributed by atoms with E-state index in [0.717, 1.165) is 12.1 Å². The van der Waals surface area contributed by atoms with Crippen LogP contribution < -0.4 is 10.5 Å². The van der Waals surface area contributed by atoms with Crippen LogP contribution in [0.1, 0.15) is 19.0 Å². The van der Waals surface area contributed by atoms with Crippen LogP contribution in [-0.2, 0) is 30.0 Å². The number of hydrogen-bond donors (Lipinski definition) is 2. The topological polar surface area (TPSA) is 108 Å². The predicted octanol–water partition coefficient (Wildman–Crippen LogP) is 0.130. The number of aromatic nitrogens is 4. The second kappa shape index (κ2) is 6.27. The molecule has 0 atom stereocenters. The molecule has 0 spiro atoms. The molecule has 0 bridgehead atoms. The third kappa shape index (κ3) is 3.61. The maximum absolute atomic E-state index is 12.2. The number of nitrogen functional groups attached to an aromatic ring is 1. The summed E-state index contributed by atoms with van der Waals surface area (Å²) in [5.74, 6) is 0.0245. The summed E-state index contributed by atoms with van der Waals surface area (Å²) in [6.45, 7) is 2.90. The summed E-state index contributed by atoms with van der Waals surface area (Å²) < 4.78 is 30.2. The van der Waals surface area contributed by atoms with E-state index in [9.17, 15) is 8.42 Å². The van der Waals surface area contributed by atoms with Crippen LogP contribution in [0, 0.1) is 0 Å². The number of sulfonamides is 1. The van der Waals surface area contributed by atoms with Crippen LogP contribution in [0.25, 0.3) is 0 Å². The van der Waals surface area contributed by atoms with Gasteiger partial charge in [-0.3, -0.25) is 9.36 Å². The van der Waals surface area contributed by atoms with Gasteiger partial charge in [-0.15, -0.1) is 0 Å². The van der Waals surface area contributed by atoms with E-state index in [4.69, 9.17) is 5.73 Å². The van der Waals surface area contributed by atoms with Crippen molar-refractivity contribution in [3.8, 4) is 0 Å². The zero-order chi connectivity index (χ0) is 15.5. The van der Waals surface area contributed by atoms with Crippen LogP contribution in [0.3, 0.4) is 0 Å². The van der Waals surface area contributed by atoms with Gasteiger partial charge in [0.15, 0.2) is 5.82 Å². The summed E-state index contributed by atoms with van der Waals surface area (Å²) in [5, 5.41) is 8.03. The van der Waals surface area contributed by atoms with Gasteiger partial charge in [-0.25, -0.2) is 13.1 Å². The highest BCUT2D eigenvalue weighted by molar-refractivity contribution is 7.89. The Labute approximate surface area is 124 Å². The maximum atomic E-state index is 12.2. The van der Waals surface area contributed by atoms with E-state index in [1.165, 1.54) is 6.20 Å². The van der Waals surface area contributed by atoms with Crippen molar-refractivity contribution in [2.75, 3.05) is 12.3 Å². The molecule has 2 aromatic heterocycles. The van der Waals surface area contributed by atoms with Crippen molar-refractivity contribution < 1.29 is 8.42 Å². The number of nitrogens with one attached hydrogen (secondary N) is 1. The van der Waals surface area contributed by atoms with E-state index in [0.29, 0.717) is 13.0 Å². The Morgan fingerprint density at radius 1 is 1.43 bits per heavy atom. The Morgan fingerprint density at radius 2 is 2.19 bits per heavy atom. The van der Waals surface area contributed by atoms with Gasteiger partial charge in [-0.05, 0) is 12.5 Å². The lowest BCUT2D eigenvalue weighted by Gasteiger charge is -2.05. The standard InChI is InChI=1S/C12H20N6O2S/c1-3-8-18-9-11(12(13)16-18)21(19,20)15-7-5-10-4-6-14-17(10)2/h4,6,9,15H,3,5,7-8H2,1-2H3,(H2,13,16). The summed E-state index contributed by atoms with van der Waals surface area (Å²) in [6, 6.07) is 1.85. The quantitative estimate of drug-likeness (QED) is 0.755. The molecule has 2 heterocycles. The first-order chi connectivity index (χ1) is 9.94. The molecule has 0 saturated carbocycles. The molecular formula is C12H20N6O2S. The van der Waals surface area contributed by atoms with Crippen LogP contribution in [-0.4, -0.2) is 34.5 Å². The molecule has 0 saturated heterocycles. The number of aryl methyl sites for hydroxylation is 2. The average Bonchev–Trinajstić information content (AvgIpc) is 2.97. The minimum Gasteiger partial charge on any atom is -0.381 e. The average molecular weight is 312 g/mol. The molecule has 0 aromatic carbocycles. The molecule has 9 heteroatoms. The van der Waals surface area contributed by atoms with Crippen molar-refractivity contribution in [3.05, 3.63) is 24.2 Å². The Hall–Kier alpha value is -1.87. The molecule has 116 valence electrons. The second-order valence-electron chi connectivity index (χ2n) is 4.74. The molecule has 2 aromatic rings. The van der Waals surface area contributed by atoms with E-state index in [1.807, 2.05) is 20.0 Å². The van der Waals surface area contributed by atoms with Gasteiger partial charge in [-0.1, -0.05) is 6.92 Å². The number of nitrogens with zero attached hydrogens (tertiary/aromatic N) is 4. The summed E-state index contributed by atoms with van der Waals surface area (Å²) in [4.78, 5) is 0.0287. The monoisotopic (exact) mass is 312 g/mol. The molecule has 0 radical (unpaired) electrons. The smallest absolute Gasteiger partial charge is 0.245 e. The molecule has 0 unspecified atom stereocenters. The largest absolute Gasteiger partial charge is 0.381 e. The fraction of sp³-hybridized carbons (Fsp3) is 0.500. The van der Waals surface area contributed by atoms with Gasteiger partial charge in [0.05, 0.1) is 0 Å². The minimum absolute atomic E-state index is 0.0245. The highest BCUT2D eigenvalue weighted by atomic mass is 32.2. The van der Waals surface area contributed by atoms with E-state index in [1.54, 1.807) is 15.6 Å². The van der Waals surface area contributed by atoms with Gasteiger partial charge in [-0.2, -0.15) is 10.2 Å². The maximum Gasteiger partial charge on any atom is 0.245 e. The molecule has 21 heavy (non-hydrogen) atoms. The highest BCUT2D eigenvalue weighted by Gasteiger charge is 2.20. The van der Waals surface area contributed by atoms with Crippen LogP contribution in [0.2, 0.25) is 0 Å². The Balaban J connectivity index is 2.03. The first-order valence-corrected chi connectivity index (χ1v) is 8.22. The molecule has 3 N–H and O–H groups in total. The van der Waals surface area contributed by atoms with Gasteiger partial charge in [0, 0.05) is 44.6 Å². The van der Waals surface area contributed by atoms with E-state index < -0.39 is 10.0 Å².